The quantitative estimate of drug-likeness (QED) is 0.586. The van der Waals surface area contributed by atoms with Gasteiger partial charge >= 0.3 is 0 Å². The lowest BCUT2D eigenvalue weighted by Crippen LogP contribution is -2.18. The molecule has 0 saturated heterocycles. The third kappa shape index (κ3) is 3.13. The molecule has 2 heterocycles. The summed E-state index contributed by atoms with van der Waals surface area (Å²) in [4.78, 5) is 13.9. The van der Waals surface area contributed by atoms with Gasteiger partial charge in [-0.3, -0.25) is 0 Å². The molecule has 0 bridgehead atoms. The van der Waals surface area contributed by atoms with Gasteiger partial charge < -0.3 is 9.80 Å². The Hall–Kier alpha value is -1.52. The van der Waals surface area contributed by atoms with E-state index in [-0.39, 0.29) is 24.8 Å². The first-order valence-corrected chi connectivity index (χ1v) is 6.93. The second-order valence-corrected chi connectivity index (χ2v) is 5.50. The first-order valence-electron chi connectivity index (χ1n) is 6.93. The molecule has 0 radical (unpaired) electrons. The maximum atomic E-state index is 4.87. The van der Waals surface area contributed by atoms with Crippen LogP contribution in [0.3, 0.4) is 0 Å². The van der Waals surface area contributed by atoms with E-state index in [4.69, 9.17) is 9.98 Å². The van der Waals surface area contributed by atoms with Crippen LogP contribution < -0.4 is 4.90 Å². The Labute approximate surface area is 144 Å². The van der Waals surface area contributed by atoms with Crippen molar-refractivity contribution in [2.75, 3.05) is 32.6 Å². The van der Waals surface area contributed by atoms with Gasteiger partial charge in [0, 0.05) is 38.6 Å². The van der Waals surface area contributed by atoms with E-state index >= 15 is 0 Å². The van der Waals surface area contributed by atoms with Crippen molar-refractivity contribution >= 4 is 53.1 Å². The number of aliphatic imine (C=N–C) groups is 1. The molecule has 1 aromatic carbocycles. The zero-order chi connectivity index (χ0) is 14.3. The molecule has 0 N–H and O–H groups in total. The van der Waals surface area contributed by atoms with Crippen LogP contribution in [0.2, 0.25) is 0 Å². The van der Waals surface area contributed by atoms with Crippen molar-refractivity contribution in [2.45, 2.75) is 13.3 Å². The van der Waals surface area contributed by atoms with Crippen LogP contribution >= 0.6 is 24.8 Å². The van der Waals surface area contributed by atoms with Gasteiger partial charge in [-0.2, -0.15) is 0 Å². The average Bonchev–Trinajstić information content (AvgIpc) is 2.80. The highest BCUT2D eigenvalue weighted by atomic mass is 35.5. The summed E-state index contributed by atoms with van der Waals surface area (Å²) in [6.45, 7) is 3.06. The van der Waals surface area contributed by atoms with Gasteiger partial charge in [-0.05, 0) is 19.4 Å². The predicted molar refractivity (Wildman–Crippen MR) is 99.7 cm³/mol. The minimum atomic E-state index is 0. The minimum Gasteiger partial charge on any atom is -0.366 e. The molecule has 0 fully saturated rings. The van der Waals surface area contributed by atoms with Crippen LogP contribution in [0, 0.1) is 0 Å². The van der Waals surface area contributed by atoms with Gasteiger partial charge in [0.25, 0.3) is 0 Å². The lowest BCUT2D eigenvalue weighted by atomic mass is 10.1. The lowest BCUT2D eigenvalue weighted by Gasteiger charge is -2.15. The first kappa shape index (κ1) is 18.5. The molecule has 4 nitrogen and oxygen atoms in total. The number of likely N-dealkylation sites (N-methyl/N-ethyl adjacent to an activating group) is 1. The summed E-state index contributed by atoms with van der Waals surface area (Å²) in [7, 11) is 6.14. The van der Waals surface area contributed by atoms with Crippen LogP contribution in [0.4, 0.5) is 11.5 Å². The second kappa shape index (κ2) is 7.16. The maximum absolute atomic E-state index is 4.87. The number of nitrogens with zero attached hydrogens (tertiary/aromatic N) is 4. The highest BCUT2D eigenvalue weighted by Crippen LogP contribution is 2.38. The molecule has 0 unspecified atom stereocenters. The molecule has 6 heteroatoms. The largest absolute Gasteiger partial charge is 0.366 e. The number of fused-ring (bicyclic) bond motifs is 2. The number of rotatable bonds is 1. The number of hydrogen-bond acceptors (Lipinski definition) is 3. The molecular formula is C16H22Cl2N4. The standard InChI is InChI=1S/C16H20N4.2ClH/c1-11(19(2)3)17-15-12-7-5-6-8-14(12)18-16-13(15)9-10-20(16)4;;/h5-8H,9-10H2,1-4H3;2*1H. The monoisotopic (exact) mass is 340 g/mol. The summed E-state index contributed by atoms with van der Waals surface area (Å²) >= 11 is 0. The molecule has 1 aliphatic heterocycles. The topological polar surface area (TPSA) is 31.7 Å². The molecule has 0 aliphatic carbocycles. The highest BCUT2D eigenvalue weighted by Gasteiger charge is 2.23. The lowest BCUT2D eigenvalue weighted by molar-refractivity contribution is 0.619. The van der Waals surface area contributed by atoms with E-state index in [0.717, 1.165) is 41.2 Å². The second-order valence-electron chi connectivity index (χ2n) is 5.50. The number of aromatic nitrogens is 1. The molecule has 120 valence electrons. The van der Waals surface area contributed by atoms with Crippen molar-refractivity contribution in [1.29, 1.82) is 0 Å². The number of pyridine rings is 1. The zero-order valence-corrected chi connectivity index (χ0v) is 15.0. The minimum absolute atomic E-state index is 0. The van der Waals surface area contributed by atoms with Crippen molar-refractivity contribution < 1.29 is 0 Å². The SMILES string of the molecule is CC(=Nc1c2c(nc3ccccc13)N(C)CC2)N(C)C.Cl.Cl. The van der Waals surface area contributed by atoms with Gasteiger partial charge in [0.1, 0.15) is 11.7 Å². The summed E-state index contributed by atoms with van der Waals surface area (Å²) in [5, 5.41) is 1.14. The normalized spacial score (nSPS) is 13.5. The molecule has 22 heavy (non-hydrogen) atoms. The predicted octanol–water partition coefficient (Wildman–Crippen LogP) is 3.68. The Morgan fingerprint density at radius 1 is 1.23 bits per heavy atom. The van der Waals surface area contributed by atoms with E-state index in [1.165, 1.54) is 5.56 Å². The van der Waals surface area contributed by atoms with E-state index < -0.39 is 0 Å². The van der Waals surface area contributed by atoms with Crippen molar-refractivity contribution in [3.8, 4) is 0 Å². The number of para-hydroxylation sites is 1. The summed E-state index contributed by atoms with van der Waals surface area (Å²) < 4.78 is 0. The van der Waals surface area contributed by atoms with Crippen molar-refractivity contribution in [3.63, 3.8) is 0 Å². The van der Waals surface area contributed by atoms with Crippen LogP contribution in [0.15, 0.2) is 29.3 Å². The van der Waals surface area contributed by atoms with Crippen LogP contribution in [-0.4, -0.2) is 43.4 Å². The number of halogens is 2. The van der Waals surface area contributed by atoms with E-state index in [0.29, 0.717) is 0 Å². The molecule has 0 spiro atoms. The molecule has 1 aliphatic rings. The fourth-order valence-electron chi connectivity index (χ4n) is 2.54. The van der Waals surface area contributed by atoms with Crippen molar-refractivity contribution in [1.82, 2.24) is 9.88 Å². The van der Waals surface area contributed by atoms with Gasteiger partial charge in [-0.15, -0.1) is 24.8 Å². The van der Waals surface area contributed by atoms with Gasteiger partial charge in [-0.25, -0.2) is 9.98 Å². The summed E-state index contributed by atoms with van der Waals surface area (Å²) in [6.07, 6.45) is 1.02. The van der Waals surface area contributed by atoms with Gasteiger partial charge in [0.2, 0.25) is 0 Å². The molecule has 1 aromatic heterocycles. The van der Waals surface area contributed by atoms with Crippen molar-refractivity contribution in [3.05, 3.63) is 29.8 Å². The molecule has 3 rings (SSSR count). The summed E-state index contributed by atoms with van der Waals surface area (Å²) in [6, 6.07) is 8.26. The molecule has 0 amide bonds. The van der Waals surface area contributed by atoms with Gasteiger partial charge in [-0.1, -0.05) is 18.2 Å². The third-order valence-corrected chi connectivity index (χ3v) is 3.92. The van der Waals surface area contributed by atoms with Crippen molar-refractivity contribution in [2.24, 2.45) is 4.99 Å². The number of anilines is 1. The van der Waals surface area contributed by atoms with Crippen LogP contribution in [0.5, 0.6) is 0 Å². The van der Waals surface area contributed by atoms with Crippen LogP contribution in [0.25, 0.3) is 10.9 Å². The third-order valence-electron chi connectivity index (χ3n) is 3.92. The Bertz CT molecular complexity index is 698. The fraction of sp³-hybridized carbons (Fsp3) is 0.375. The average molecular weight is 341 g/mol. The number of benzene rings is 1. The fourth-order valence-corrected chi connectivity index (χ4v) is 2.54. The first-order chi connectivity index (χ1) is 9.58. The smallest absolute Gasteiger partial charge is 0.134 e. The maximum Gasteiger partial charge on any atom is 0.134 e. The van der Waals surface area contributed by atoms with Gasteiger partial charge in [0.05, 0.1) is 11.2 Å². The highest BCUT2D eigenvalue weighted by molar-refractivity contribution is 5.97. The molecule has 0 atom stereocenters. The van der Waals surface area contributed by atoms with Crippen LogP contribution in [0.1, 0.15) is 12.5 Å². The summed E-state index contributed by atoms with van der Waals surface area (Å²) in [5.41, 5.74) is 3.37. The Morgan fingerprint density at radius 2 is 1.91 bits per heavy atom. The molecule has 0 saturated carbocycles. The summed E-state index contributed by atoms with van der Waals surface area (Å²) in [5.74, 6) is 2.09. The Kier molecular flexibility index (Phi) is 6.03. The Morgan fingerprint density at radius 3 is 2.59 bits per heavy atom. The van der Waals surface area contributed by atoms with Crippen LogP contribution in [-0.2, 0) is 6.42 Å². The molecule has 2 aromatic rings. The number of hydrogen-bond donors (Lipinski definition) is 0. The zero-order valence-electron chi connectivity index (χ0n) is 13.3. The van der Waals surface area contributed by atoms with E-state index in [1.54, 1.807) is 0 Å². The van der Waals surface area contributed by atoms with Gasteiger partial charge in [0.15, 0.2) is 0 Å². The van der Waals surface area contributed by atoms with E-state index in [1.807, 2.05) is 32.0 Å². The van der Waals surface area contributed by atoms with E-state index in [9.17, 15) is 0 Å². The number of amidine groups is 1. The molecular weight excluding hydrogens is 319 g/mol. The van der Waals surface area contributed by atoms with E-state index in [2.05, 4.69) is 30.1 Å². The Balaban J connectivity index is 0.00000121.